The molecule has 4 aromatic rings. The summed E-state index contributed by atoms with van der Waals surface area (Å²) in [5.41, 5.74) is 0. The van der Waals surface area contributed by atoms with Gasteiger partial charge in [0.25, 0.3) is 0 Å². The van der Waals surface area contributed by atoms with Crippen LogP contribution in [0.1, 0.15) is 0 Å². The molecule has 3 N–H and O–H groups in total. The molecule has 1 aliphatic rings. The monoisotopic (exact) mass is 583 g/mol. The van der Waals surface area contributed by atoms with Crippen LogP contribution in [-0.2, 0) is 0 Å². The van der Waals surface area contributed by atoms with Gasteiger partial charge in [-0.25, -0.2) is 0 Å². The minimum absolute atomic E-state index is 0.566. The van der Waals surface area contributed by atoms with Crippen LogP contribution in [0.3, 0.4) is 0 Å². The summed E-state index contributed by atoms with van der Waals surface area (Å²) in [7, 11) is -10.9. The Morgan fingerprint density at radius 1 is 0.389 bits per heavy atom. The van der Waals surface area contributed by atoms with Crippen molar-refractivity contribution in [3.8, 4) is 23.0 Å². The summed E-state index contributed by atoms with van der Waals surface area (Å²) in [6.07, 6.45) is 0. The maximum absolute atomic E-state index is 7.18. The number of halogens is 2. The normalized spacial score (nSPS) is 20.2. The third-order valence-electron chi connectivity index (χ3n) is 4.99. The summed E-state index contributed by atoms with van der Waals surface area (Å²) in [6.45, 7) is 0. The zero-order valence-electron chi connectivity index (χ0n) is 18.9. The number of benzene rings is 4. The van der Waals surface area contributed by atoms with Crippen molar-refractivity contribution in [3.63, 3.8) is 0 Å². The van der Waals surface area contributed by atoms with Crippen LogP contribution < -0.4 is 32.7 Å². The van der Waals surface area contributed by atoms with Crippen LogP contribution in [0.2, 0.25) is 0 Å². The van der Waals surface area contributed by atoms with Gasteiger partial charge in [-0.3, -0.25) is 0 Å². The van der Waals surface area contributed by atoms with Gasteiger partial charge in [-0.2, -0.15) is 0 Å². The van der Waals surface area contributed by atoms with Crippen LogP contribution in [0.15, 0.2) is 121 Å². The Hall–Kier alpha value is -2.17. The van der Waals surface area contributed by atoms with Gasteiger partial charge in [-0.05, 0) is 0 Å². The third-order valence-corrected chi connectivity index (χ3v) is 18.7. The second-order valence-corrected chi connectivity index (χ2v) is 18.5. The first-order valence-corrected chi connectivity index (χ1v) is 18.8. The Kier molecular flexibility index (Phi) is 7.83. The molecule has 0 amide bonds. The van der Waals surface area contributed by atoms with Gasteiger partial charge in [0, 0.05) is 0 Å². The van der Waals surface area contributed by atoms with Crippen molar-refractivity contribution in [3.05, 3.63) is 121 Å². The maximum atomic E-state index is 7.18. The number of nitrogens with one attached hydrogen (secondary N) is 3. The van der Waals surface area contributed by atoms with Crippen molar-refractivity contribution in [2.75, 3.05) is 0 Å². The van der Waals surface area contributed by atoms with Crippen molar-refractivity contribution in [1.82, 2.24) is 14.6 Å². The van der Waals surface area contributed by atoms with E-state index in [1.54, 1.807) is 0 Å². The van der Waals surface area contributed by atoms with E-state index in [0.717, 1.165) is 0 Å². The molecule has 0 aliphatic carbocycles. The van der Waals surface area contributed by atoms with Gasteiger partial charge < -0.3 is 0 Å². The van der Waals surface area contributed by atoms with Crippen molar-refractivity contribution in [2.45, 2.75) is 0 Å². The van der Waals surface area contributed by atoms with Gasteiger partial charge in [0.1, 0.15) is 0 Å². The van der Waals surface area contributed by atoms with E-state index in [1.807, 2.05) is 121 Å². The van der Waals surface area contributed by atoms with Crippen molar-refractivity contribution in [2.24, 2.45) is 0 Å². The Bertz CT molecular complexity index is 1170. The van der Waals surface area contributed by atoms with Gasteiger partial charge in [0.15, 0.2) is 0 Å². The van der Waals surface area contributed by atoms with E-state index >= 15 is 0 Å². The molecular formula is C24H26Cl2N3O4P3. The molecule has 0 aromatic heterocycles. The van der Waals surface area contributed by atoms with E-state index < -0.39 is 22.3 Å². The van der Waals surface area contributed by atoms with Crippen LogP contribution >= 0.6 is 44.8 Å². The molecule has 1 heterocycles. The second kappa shape index (κ2) is 11.1. The van der Waals surface area contributed by atoms with Crippen LogP contribution in [0.5, 0.6) is 23.0 Å². The SMILES string of the molecule is Cl[PH]1(Oc2ccccc2)N[PH](Cl)(Oc2ccccc2)N[PH](Oc2ccccc2)(Oc2ccccc2)N1. The molecule has 4 aromatic carbocycles. The van der Waals surface area contributed by atoms with Gasteiger partial charge in [-0.15, -0.1) is 0 Å². The summed E-state index contributed by atoms with van der Waals surface area (Å²) in [5.74, 6) is 2.28. The zero-order chi connectivity index (χ0) is 24.9. The van der Waals surface area contributed by atoms with E-state index in [9.17, 15) is 0 Å². The molecule has 0 atom stereocenters. The molecular weight excluding hydrogens is 558 g/mol. The summed E-state index contributed by atoms with van der Waals surface area (Å²) in [5, 5.41) is 0. The fraction of sp³-hybridized carbons (Fsp3) is 0. The molecule has 0 radical (unpaired) electrons. The fourth-order valence-corrected chi connectivity index (χ4v) is 20.2. The average molecular weight is 584 g/mol. The number of para-hydroxylation sites is 4. The molecule has 1 fully saturated rings. The van der Waals surface area contributed by atoms with Gasteiger partial charge in [0.05, 0.1) is 0 Å². The Balaban J connectivity index is 1.56. The zero-order valence-corrected chi connectivity index (χ0v) is 23.4. The minimum atomic E-state index is -3.70. The fourth-order valence-electron chi connectivity index (χ4n) is 3.56. The summed E-state index contributed by atoms with van der Waals surface area (Å²) in [6, 6.07) is 37.1. The van der Waals surface area contributed by atoms with Crippen LogP contribution in [0, 0.1) is 0 Å². The molecule has 190 valence electrons. The molecule has 0 bridgehead atoms. The number of hydrogen-bond acceptors (Lipinski definition) is 7. The van der Waals surface area contributed by atoms with Crippen molar-refractivity contribution >= 4 is 44.8 Å². The predicted octanol–water partition coefficient (Wildman–Crippen LogP) is 7.79. The Labute approximate surface area is 221 Å². The van der Waals surface area contributed by atoms with E-state index in [4.69, 9.17) is 40.6 Å². The van der Waals surface area contributed by atoms with Crippen molar-refractivity contribution < 1.29 is 18.1 Å². The first kappa shape index (κ1) is 25.5. The first-order chi connectivity index (χ1) is 17.4. The predicted molar refractivity (Wildman–Crippen MR) is 154 cm³/mol. The molecule has 1 aliphatic heterocycles. The van der Waals surface area contributed by atoms with Crippen molar-refractivity contribution in [1.29, 1.82) is 0 Å². The van der Waals surface area contributed by atoms with E-state index in [1.165, 1.54) is 0 Å². The Morgan fingerprint density at radius 2 is 0.667 bits per heavy atom. The van der Waals surface area contributed by atoms with Crippen LogP contribution in [0.4, 0.5) is 0 Å². The quantitative estimate of drug-likeness (QED) is 0.183. The summed E-state index contributed by atoms with van der Waals surface area (Å²) < 4.78 is 25.6. The third kappa shape index (κ3) is 6.58. The van der Waals surface area contributed by atoms with E-state index in [2.05, 4.69) is 14.6 Å². The molecule has 0 spiro atoms. The summed E-state index contributed by atoms with van der Waals surface area (Å²) >= 11 is 14.4. The standard InChI is InChI=1S/C24H26Cl2N3O4P3/c25-34(30-21-13-5-1-6-14-21)27-35(26,31-22-15-7-2-8-16-22)29-36(28-34,32-23-17-9-3-10-18-23)33-24-19-11-4-12-20-24/h1-20,27-29,34-36H. The first-order valence-electron chi connectivity index (χ1n) is 11.2. The molecule has 36 heavy (non-hydrogen) atoms. The van der Waals surface area contributed by atoms with Gasteiger partial charge in [-0.1, -0.05) is 0 Å². The topological polar surface area (TPSA) is 73.0 Å². The van der Waals surface area contributed by atoms with Crippen LogP contribution in [-0.4, -0.2) is 0 Å². The molecule has 1 saturated heterocycles. The number of hydrogen-bond donors (Lipinski definition) is 3. The summed E-state index contributed by atoms with van der Waals surface area (Å²) in [4.78, 5) is 9.95. The second-order valence-electron chi connectivity index (χ2n) is 7.84. The molecule has 12 heteroatoms. The number of rotatable bonds is 8. The molecule has 5 rings (SSSR count). The molecule has 0 saturated carbocycles. The molecule has 7 nitrogen and oxygen atoms in total. The van der Waals surface area contributed by atoms with Crippen LogP contribution in [0.25, 0.3) is 0 Å². The average Bonchev–Trinajstić information content (AvgIpc) is 2.85. The van der Waals surface area contributed by atoms with Gasteiger partial charge in [0.2, 0.25) is 0 Å². The molecule has 0 unspecified atom stereocenters. The van der Waals surface area contributed by atoms with E-state index in [-0.39, 0.29) is 0 Å². The van der Waals surface area contributed by atoms with E-state index in [0.29, 0.717) is 23.0 Å². The van der Waals surface area contributed by atoms with Gasteiger partial charge >= 0.3 is 222 Å². The Morgan fingerprint density at radius 3 is 0.972 bits per heavy atom.